The highest BCUT2D eigenvalue weighted by atomic mass is 28.3. The van der Waals surface area contributed by atoms with Crippen molar-refractivity contribution in [2.75, 3.05) is 0 Å². The molecule has 0 fully saturated rings. The molecule has 0 spiro atoms. The zero-order valence-corrected chi connectivity index (χ0v) is 39.9. The normalized spacial score (nSPS) is 14.0. The lowest BCUT2D eigenvalue weighted by Gasteiger charge is -2.31. The molecule has 1 aliphatic carbocycles. The molecule has 1 aromatic heterocycles. The zero-order chi connectivity index (χ0) is 45.5. The van der Waals surface area contributed by atoms with Gasteiger partial charge < -0.3 is 0 Å². The van der Waals surface area contributed by atoms with Gasteiger partial charge >= 0.3 is 0 Å². The molecule has 0 saturated heterocycles. The van der Waals surface area contributed by atoms with Gasteiger partial charge in [0.05, 0.1) is 11.4 Å². The summed E-state index contributed by atoms with van der Waals surface area (Å²) in [4.78, 5) is 11.1. The smallest absolute Gasteiger partial charge is 0.180 e. The Hall–Kier alpha value is -8.29. The van der Waals surface area contributed by atoms with Gasteiger partial charge in [0.2, 0.25) is 0 Å². The van der Waals surface area contributed by atoms with Crippen molar-refractivity contribution in [2.45, 2.75) is 6.42 Å². The molecule has 3 heterocycles. The minimum absolute atomic E-state index is 0.752. The van der Waals surface area contributed by atoms with E-state index in [4.69, 9.17) is 9.97 Å². The lowest BCUT2D eigenvalue weighted by atomic mass is 9.96. The minimum atomic E-state index is -2.62. The Labute approximate surface area is 405 Å². The van der Waals surface area contributed by atoms with Crippen molar-refractivity contribution in [3.63, 3.8) is 0 Å². The summed E-state index contributed by atoms with van der Waals surface area (Å²) >= 11 is 0. The van der Waals surface area contributed by atoms with Gasteiger partial charge in [0.15, 0.2) is 22.0 Å². The summed E-state index contributed by atoms with van der Waals surface area (Å²) in [5, 5.41) is 11.4. The van der Waals surface area contributed by atoms with E-state index in [1.165, 1.54) is 91.6 Å². The van der Waals surface area contributed by atoms with Crippen molar-refractivity contribution in [3.8, 4) is 67.3 Å². The van der Waals surface area contributed by atoms with Crippen LogP contribution in [0.25, 0.3) is 67.3 Å². The first-order chi connectivity index (χ1) is 34.2. The largest absolute Gasteiger partial charge is 0.228 e. The van der Waals surface area contributed by atoms with E-state index in [0.717, 1.165) is 34.8 Å². The molecule has 0 N–H and O–H groups in total. The fraction of sp³-hybridized carbons (Fsp3) is 0.0154. The third-order valence-corrected chi connectivity index (χ3v) is 25.1. The summed E-state index contributed by atoms with van der Waals surface area (Å²) in [5.74, 6) is 0.752. The maximum atomic E-state index is 5.60. The maximum Gasteiger partial charge on any atom is 0.180 e. The predicted molar refractivity (Wildman–Crippen MR) is 292 cm³/mol. The Kier molecular flexibility index (Phi) is 9.03. The lowest BCUT2D eigenvalue weighted by Crippen LogP contribution is -2.72. The van der Waals surface area contributed by atoms with Crippen LogP contribution < -0.4 is 41.5 Å². The highest BCUT2D eigenvalue weighted by molar-refractivity contribution is 7.23. The molecule has 0 atom stereocenters. The highest BCUT2D eigenvalue weighted by Crippen LogP contribution is 2.44. The number of rotatable bonds is 7. The topological polar surface area (TPSA) is 25.8 Å². The van der Waals surface area contributed by atoms with Crippen LogP contribution in [0.2, 0.25) is 0 Å². The van der Waals surface area contributed by atoms with Crippen molar-refractivity contribution in [3.05, 3.63) is 266 Å². The molecule has 0 radical (unpaired) electrons. The van der Waals surface area contributed by atoms with Gasteiger partial charge in [-0.15, -0.1) is 0 Å². The van der Waals surface area contributed by atoms with Crippen LogP contribution in [0, 0.1) is 0 Å². The van der Waals surface area contributed by atoms with Crippen LogP contribution in [0.1, 0.15) is 11.1 Å². The van der Waals surface area contributed by atoms with E-state index in [2.05, 4.69) is 255 Å². The van der Waals surface area contributed by atoms with Gasteiger partial charge in [0.25, 0.3) is 0 Å². The minimum Gasteiger partial charge on any atom is -0.228 e. The number of nitrogens with zero attached hydrogens (tertiary/aromatic N) is 2. The van der Waals surface area contributed by atoms with Crippen molar-refractivity contribution >= 4 is 57.6 Å². The van der Waals surface area contributed by atoms with Crippen molar-refractivity contribution in [1.29, 1.82) is 0 Å². The van der Waals surface area contributed by atoms with E-state index in [0.29, 0.717) is 0 Å². The molecular weight excluding hydrogens is 865 g/mol. The first-order valence-electron chi connectivity index (χ1n) is 24.0. The molecule has 11 aromatic rings. The molecule has 0 saturated carbocycles. The summed E-state index contributed by atoms with van der Waals surface area (Å²) in [7, 11) is -5.20. The fourth-order valence-electron chi connectivity index (χ4n) is 12.4. The lowest BCUT2D eigenvalue weighted by molar-refractivity contribution is 1.13. The molecular formula is C65H44N2Si2. The predicted octanol–water partition coefficient (Wildman–Crippen LogP) is 9.76. The SMILES string of the molecule is c1ccc(-c2nc(-c3ccc4c(c3)-c3ccccc3[Si]4(c3ccccc3)c3ccccc3)nc3c2Cc2ccc(-c4ccc5c(c4)-c4ccccc4[Si]5(c4ccccc4)c4ccccc4)cc2-3)cc1. The van der Waals surface area contributed by atoms with Gasteiger partial charge in [-0.25, -0.2) is 9.97 Å². The second-order valence-corrected chi connectivity index (χ2v) is 26.2. The van der Waals surface area contributed by atoms with Gasteiger partial charge in [-0.1, -0.05) is 237 Å². The van der Waals surface area contributed by atoms with E-state index < -0.39 is 16.1 Å². The molecule has 322 valence electrons. The standard InChI is InChI=1S/C65H44N2Si2/c1-6-20-44(21-7-1)63-58-42-47-35-34-45(46-36-38-61-56(41-46)53-30-16-18-32-59(53)68(61,49-22-8-2-9-23-49)50-24-10-3-11-25-50)40-55(47)64(58)67-65(66-63)48-37-39-62-57(43-48)54-31-17-19-33-60(54)69(62,51-26-12-4-13-27-51)52-28-14-5-15-29-52/h1-41,43H,42H2. The second kappa shape index (κ2) is 15.6. The monoisotopic (exact) mass is 908 g/mol. The van der Waals surface area contributed by atoms with Crippen molar-refractivity contribution < 1.29 is 0 Å². The molecule has 10 aromatic carbocycles. The molecule has 69 heavy (non-hydrogen) atoms. The Morgan fingerprint density at radius 1 is 0.275 bits per heavy atom. The summed E-state index contributed by atoms with van der Waals surface area (Å²) in [5.41, 5.74) is 15.5. The quantitative estimate of drug-likeness (QED) is 0.149. The fourth-order valence-corrected chi connectivity index (χ4v) is 22.7. The van der Waals surface area contributed by atoms with Crippen LogP contribution >= 0.6 is 0 Å². The van der Waals surface area contributed by atoms with Crippen LogP contribution in [0.5, 0.6) is 0 Å². The third kappa shape index (κ3) is 5.83. The third-order valence-electron chi connectivity index (χ3n) is 15.3. The van der Waals surface area contributed by atoms with Gasteiger partial charge in [0, 0.05) is 28.7 Å². The molecule has 0 unspecified atom stereocenters. The number of fused-ring (bicyclic) bond motifs is 9. The first-order valence-corrected chi connectivity index (χ1v) is 28.0. The summed E-state index contributed by atoms with van der Waals surface area (Å²) in [6, 6.07) is 95.3. The van der Waals surface area contributed by atoms with Gasteiger partial charge in [-0.2, -0.15) is 0 Å². The number of benzene rings is 10. The Morgan fingerprint density at radius 2 is 0.652 bits per heavy atom. The molecule has 0 amide bonds. The van der Waals surface area contributed by atoms with Crippen molar-refractivity contribution in [1.82, 2.24) is 9.97 Å². The molecule has 2 aliphatic heterocycles. The van der Waals surface area contributed by atoms with Crippen LogP contribution in [0.4, 0.5) is 0 Å². The highest BCUT2D eigenvalue weighted by Gasteiger charge is 2.50. The Bertz CT molecular complexity index is 3720. The molecule has 0 bridgehead atoms. The summed E-state index contributed by atoms with van der Waals surface area (Å²) < 4.78 is 0. The summed E-state index contributed by atoms with van der Waals surface area (Å²) in [6.45, 7) is 0. The first kappa shape index (κ1) is 39.8. The summed E-state index contributed by atoms with van der Waals surface area (Å²) in [6.07, 6.45) is 0.787. The van der Waals surface area contributed by atoms with E-state index in [-0.39, 0.29) is 0 Å². The molecule has 4 heteroatoms. The molecule has 2 nitrogen and oxygen atoms in total. The Balaban J connectivity index is 0.928. The van der Waals surface area contributed by atoms with Crippen LogP contribution in [-0.2, 0) is 6.42 Å². The van der Waals surface area contributed by atoms with Crippen LogP contribution in [0.3, 0.4) is 0 Å². The van der Waals surface area contributed by atoms with Crippen LogP contribution in [-0.4, -0.2) is 26.1 Å². The van der Waals surface area contributed by atoms with Gasteiger partial charge in [-0.05, 0) is 98.6 Å². The number of aromatic nitrogens is 2. The van der Waals surface area contributed by atoms with E-state index in [1.807, 2.05) is 0 Å². The number of hydrogen-bond donors (Lipinski definition) is 0. The average Bonchev–Trinajstić information content (AvgIpc) is 4.06. The average molecular weight is 909 g/mol. The Morgan fingerprint density at radius 3 is 1.16 bits per heavy atom. The van der Waals surface area contributed by atoms with Gasteiger partial charge in [0.1, 0.15) is 0 Å². The van der Waals surface area contributed by atoms with E-state index >= 15 is 0 Å². The van der Waals surface area contributed by atoms with E-state index in [9.17, 15) is 0 Å². The number of hydrogen-bond acceptors (Lipinski definition) is 2. The second-order valence-electron chi connectivity index (χ2n) is 18.7. The van der Waals surface area contributed by atoms with Gasteiger partial charge in [-0.3, -0.25) is 0 Å². The van der Waals surface area contributed by atoms with Crippen molar-refractivity contribution in [2.24, 2.45) is 0 Å². The molecule has 3 aliphatic rings. The maximum absolute atomic E-state index is 5.60. The zero-order valence-electron chi connectivity index (χ0n) is 37.9. The van der Waals surface area contributed by atoms with E-state index in [1.54, 1.807) is 0 Å². The molecule has 14 rings (SSSR count). The van der Waals surface area contributed by atoms with Crippen LogP contribution in [0.15, 0.2) is 255 Å².